The summed E-state index contributed by atoms with van der Waals surface area (Å²) < 4.78 is 5.55. The van der Waals surface area contributed by atoms with Crippen LogP contribution in [0, 0.1) is 11.3 Å². The molecule has 2 fully saturated rings. The Morgan fingerprint density at radius 1 is 0.909 bits per heavy atom. The second-order valence-electron chi connectivity index (χ2n) is 6.53. The SMILES string of the molecule is O=C1OC[C@@]2(c3ccccc3)[C@@H]3C=C[C@H](c4ccccc4)[C@@]132. The van der Waals surface area contributed by atoms with Gasteiger partial charge in [-0.15, -0.1) is 0 Å². The average Bonchev–Trinajstić information content (AvgIpc) is 2.85. The molecule has 0 N–H and O–H groups in total. The highest BCUT2D eigenvalue weighted by molar-refractivity contribution is 5.92. The fourth-order valence-electron chi connectivity index (χ4n) is 4.97. The molecule has 2 aliphatic carbocycles. The Balaban J connectivity index is 1.69. The Kier molecular flexibility index (Phi) is 2.16. The van der Waals surface area contributed by atoms with Gasteiger partial charge in [0.15, 0.2) is 0 Å². The number of rotatable bonds is 2. The molecule has 2 aromatic carbocycles. The van der Waals surface area contributed by atoms with Gasteiger partial charge in [-0.05, 0) is 11.1 Å². The van der Waals surface area contributed by atoms with E-state index in [0.717, 1.165) is 0 Å². The average molecular weight is 288 g/mol. The topological polar surface area (TPSA) is 26.3 Å². The summed E-state index contributed by atoms with van der Waals surface area (Å²) in [4.78, 5) is 12.7. The standard InChI is InChI=1S/C20H16O2/c21-18-20-16(14-7-3-1-4-8-14)11-12-17(20)19(20,13-22-18)15-9-5-2-6-10-15/h1-12,16-17H,13H2/t16-,17+,19-,20+/m1/s1. The maximum Gasteiger partial charge on any atom is 0.314 e. The fourth-order valence-corrected chi connectivity index (χ4v) is 4.97. The van der Waals surface area contributed by atoms with E-state index in [4.69, 9.17) is 4.74 Å². The Labute approximate surface area is 129 Å². The predicted octanol–water partition coefficient (Wildman–Crippen LogP) is 3.45. The van der Waals surface area contributed by atoms with Crippen molar-refractivity contribution in [2.24, 2.45) is 11.3 Å². The normalized spacial score (nSPS) is 37.5. The van der Waals surface area contributed by atoms with Crippen LogP contribution in [0.15, 0.2) is 72.8 Å². The maximum absolute atomic E-state index is 12.7. The van der Waals surface area contributed by atoms with Gasteiger partial charge < -0.3 is 4.74 Å². The minimum Gasteiger partial charge on any atom is -0.464 e. The molecule has 4 atom stereocenters. The summed E-state index contributed by atoms with van der Waals surface area (Å²) in [5.41, 5.74) is 1.85. The van der Waals surface area contributed by atoms with Crippen molar-refractivity contribution < 1.29 is 9.53 Å². The van der Waals surface area contributed by atoms with Crippen LogP contribution in [0.5, 0.6) is 0 Å². The number of esters is 1. The van der Waals surface area contributed by atoms with Gasteiger partial charge in [-0.25, -0.2) is 0 Å². The molecule has 0 amide bonds. The highest BCUT2D eigenvalue weighted by Crippen LogP contribution is 2.81. The summed E-state index contributed by atoms with van der Waals surface area (Å²) in [6.07, 6.45) is 4.44. The van der Waals surface area contributed by atoms with E-state index >= 15 is 0 Å². The van der Waals surface area contributed by atoms with Crippen molar-refractivity contribution in [1.29, 1.82) is 0 Å². The number of allylic oxidation sites excluding steroid dienone is 2. The van der Waals surface area contributed by atoms with Gasteiger partial charge in [0.2, 0.25) is 0 Å². The first-order valence-corrected chi connectivity index (χ1v) is 7.78. The van der Waals surface area contributed by atoms with Crippen molar-refractivity contribution in [2.45, 2.75) is 11.3 Å². The zero-order chi connectivity index (χ0) is 14.8. The van der Waals surface area contributed by atoms with Crippen LogP contribution < -0.4 is 0 Å². The minimum absolute atomic E-state index is 0.0276. The minimum atomic E-state index is -0.421. The summed E-state index contributed by atoms with van der Waals surface area (Å²) in [6, 6.07) is 20.7. The number of ether oxygens (including phenoxy) is 1. The molecule has 2 aromatic rings. The van der Waals surface area contributed by atoms with Crippen LogP contribution in [-0.2, 0) is 14.9 Å². The summed E-state index contributed by atoms with van der Waals surface area (Å²) in [5, 5.41) is 0. The van der Waals surface area contributed by atoms with E-state index in [1.165, 1.54) is 11.1 Å². The first-order valence-electron chi connectivity index (χ1n) is 7.78. The fraction of sp³-hybridized carbons (Fsp3) is 0.250. The molecule has 0 aromatic heterocycles. The second-order valence-corrected chi connectivity index (χ2v) is 6.53. The molecule has 1 saturated heterocycles. The molecule has 1 spiro atoms. The third kappa shape index (κ3) is 1.14. The molecule has 3 aliphatic rings. The molecule has 5 rings (SSSR count). The van der Waals surface area contributed by atoms with Crippen LogP contribution in [0.25, 0.3) is 0 Å². The molecule has 0 unspecified atom stereocenters. The molecule has 0 radical (unpaired) electrons. The Morgan fingerprint density at radius 3 is 2.32 bits per heavy atom. The third-order valence-electron chi connectivity index (χ3n) is 5.88. The highest BCUT2D eigenvalue weighted by Gasteiger charge is 2.88. The van der Waals surface area contributed by atoms with Gasteiger partial charge in [-0.1, -0.05) is 72.8 Å². The first-order chi connectivity index (χ1) is 10.8. The van der Waals surface area contributed by atoms with Gasteiger partial charge in [0.05, 0.1) is 10.8 Å². The number of benzene rings is 2. The first kappa shape index (κ1) is 12.2. The summed E-state index contributed by atoms with van der Waals surface area (Å²) in [5.74, 6) is 0.364. The van der Waals surface area contributed by atoms with Gasteiger partial charge in [-0.3, -0.25) is 4.79 Å². The lowest BCUT2D eigenvalue weighted by molar-refractivity contribution is -0.145. The lowest BCUT2D eigenvalue weighted by Gasteiger charge is -2.22. The molecule has 0 bridgehead atoms. The van der Waals surface area contributed by atoms with E-state index in [1.807, 2.05) is 24.3 Å². The molecule has 1 heterocycles. The van der Waals surface area contributed by atoms with E-state index in [0.29, 0.717) is 6.61 Å². The Hall–Kier alpha value is -2.35. The molecule has 2 nitrogen and oxygen atoms in total. The van der Waals surface area contributed by atoms with Gasteiger partial charge in [-0.2, -0.15) is 0 Å². The van der Waals surface area contributed by atoms with E-state index in [2.05, 4.69) is 48.6 Å². The van der Waals surface area contributed by atoms with Crippen molar-refractivity contribution in [3.05, 3.63) is 83.9 Å². The van der Waals surface area contributed by atoms with Crippen LogP contribution in [-0.4, -0.2) is 12.6 Å². The smallest absolute Gasteiger partial charge is 0.314 e. The predicted molar refractivity (Wildman–Crippen MR) is 83.3 cm³/mol. The van der Waals surface area contributed by atoms with Gasteiger partial charge in [0, 0.05) is 11.8 Å². The van der Waals surface area contributed by atoms with E-state index in [1.54, 1.807) is 0 Å². The molecular formula is C20H16O2. The highest BCUT2D eigenvalue weighted by atomic mass is 16.5. The van der Waals surface area contributed by atoms with Gasteiger partial charge in [0.1, 0.15) is 6.61 Å². The maximum atomic E-state index is 12.7. The second kappa shape index (κ2) is 3.89. The number of cyclic esters (lactones) is 1. The summed E-state index contributed by atoms with van der Waals surface area (Å²) >= 11 is 0. The number of carbonyl (C=O) groups is 1. The van der Waals surface area contributed by atoms with Crippen molar-refractivity contribution >= 4 is 5.97 Å². The van der Waals surface area contributed by atoms with E-state index in [9.17, 15) is 4.79 Å². The van der Waals surface area contributed by atoms with Crippen LogP contribution in [0.3, 0.4) is 0 Å². The zero-order valence-corrected chi connectivity index (χ0v) is 12.1. The van der Waals surface area contributed by atoms with Crippen molar-refractivity contribution in [3.8, 4) is 0 Å². The zero-order valence-electron chi connectivity index (χ0n) is 12.1. The summed E-state index contributed by atoms with van der Waals surface area (Å²) in [7, 11) is 0. The van der Waals surface area contributed by atoms with Crippen LogP contribution in [0.4, 0.5) is 0 Å². The lowest BCUT2D eigenvalue weighted by Crippen LogP contribution is -2.25. The largest absolute Gasteiger partial charge is 0.464 e. The number of hydrogen-bond acceptors (Lipinski definition) is 2. The van der Waals surface area contributed by atoms with Gasteiger partial charge in [0.25, 0.3) is 0 Å². The lowest BCUT2D eigenvalue weighted by atomic mass is 9.77. The Morgan fingerprint density at radius 2 is 1.59 bits per heavy atom. The Bertz CT molecular complexity index is 780. The molecule has 2 heteroatoms. The van der Waals surface area contributed by atoms with Crippen LogP contribution in [0.2, 0.25) is 0 Å². The van der Waals surface area contributed by atoms with Crippen molar-refractivity contribution in [1.82, 2.24) is 0 Å². The van der Waals surface area contributed by atoms with E-state index in [-0.39, 0.29) is 23.2 Å². The molecule has 1 saturated carbocycles. The van der Waals surface area contributed by atoms with Crippen molar-refractivity contribution in [2.75, 3.05) is 6.61 Å². The molecule has 22 heavy (non-hydrogen) atoms. The van der Waals surface area contributed by atoms with Crippen molar-refractivity contribution in [3.63, 3.8) is 0 Å². The molecule has 1 aliphatic heterocycles. The number of hydrogen-bond donors (Lipinski definition) is 0. The summed E-state index contributed by atoms with van der Waals surface area (Å²) in [6.45, 7) is 0.508. The number of fused-ring (bicyclic) bond motifs is 1. The van der Waals surface area contributed by atoms with E-state index < -0.39 is 5.41 Å². The molecule has 108 valence electrons. The monoisotopic (exact) mass is 288 g/mol. The van der Waals surface area contributed by atoms with Gasteiger partial charge >= 0.3 is 5.97 Å². The quantitative estimate of drug-likeness (QED) is 0.625. The van der Waals surface area contributed by atoms with Crippen LogP contribution in [0.1, 0.15) is 17.0 Å². The number of carbonyl (C=O) groups excluding carboxylic acids is 1. The molecular weight excluding hydrogens is 272 g/mol. The van der Waals surface area contributed by atoms with Crippen LogP contribution >= 0.6 is 0 Å². The third-order valence-corrected chi connectivity index (χ3v) is 5.88.